The summed E-state index contributed by atoms with van der Waals surface area (Å²) in [6.45, 7) is 11.5. The predicted molar refractivity (Wildman–Crippen MR) is 86.7 cm³/mol. The summed E-state index contributed by atoms with van der Waals surface area (Å²) in [5.74, 6) is -0.347. The van der Waals surface area contributed by atoms with Crippen LogP contribution in [0.1, 0.15) is 12.5 Å². The van der Waals surface area contributed by atoms with Crippen molar-refractivity contribution in [2.45, 2.75) is 6.92 Å². The van der Waals surface area contributed by atoms with E-state index in [2.05, 4.69) is 29.6 Å². The number of rotatable bonds is 3. The lowest BCUT2D eigenvalue weighted by molar-refractivity contribution is -0.136. The fourth-order valence-corrected chi connectivity index (χ4v) is 0.763. The van der Waals surface area contributed by atoms with E-state index < -0.39 is 10.0 Å². The molecule has 0 aliphatic heterocycles. The number of benzene rings is 1. The van der Waals surface area contributed by atoms with Gasteiger partial charge in [0.15, 0.2) is 0 Å². The fourth-order valence-electron chi connectivity index (χ4n) is 0.763. The van der Waals surface area contributed by atoms with Crippen molar-refractivity contribution in [3.8, 4) is 0 Å². The molecule has 0 heterocycles. The second-order valence-electron chi connectivity index (χ2n) is 3.64. The van der Waals surface area contributed by atoms with Crippen LogP contribution in [-0.4, -0.2) is 21.5 Å². The van der Waals surface area contributed by atoms with Gasteiger partial charge < -0.3 is 4.74 Å². The minimum absolute atomic E-state index is 0.347. The van der Waals surface area contributed by atoms with Gasteiger partial charge >= 0.3 is 5.97 Å². The lowest BCUT2D eigenvalue weighted by Gasteiger charge is -1.91. The average Bonchev–Trinajstić information content (AvgIpc) is 2.47. The predicted octanol–water partition coefficient (Wildman–Crippen LogP) is 2.48. The largest absolute Gasteiger partial charge is 0.466 e. The molecule has 5 nitrogen and oxygen atoms in total. The summed E-state index contributed by atoms with van der Waals surface area (Å²) in [7, 11) is -2.07. The molecule has 0 aliphatic carbocycles. The lowest BCUT2D eigenvalue weighted by Crippen LogP contribution is -2.05. The molecule has 2 N–H and O–H groups in total. The van der Waals surface area contributed by atoms with Crippen LogP contribution >= 0.6 is 0 Å². The van der Waals surface area contributed by atoms with E-state index in [1.54, 1.807) is 6.92 Å². The molecule has 0 spiro atoms. The van der Waals surface area contributed by atoms with Crippen molar-refractivity contribution in [2.75, 3.05) is 7.11 Å². The van der Waals surface area contributed by atoms with Gasteiger partial charge in [-0.15, -0.1) is 0 Å². The Kier molecular flexibility index (Phi) is 11.7. The van der Waals surface area contributed by atoms with Gasteiger partial charge in [0.1, 0.15) is 0 Å². The molecule has 1 rings (SSSR count). The van der Waals surface area contributed by atoms with Crippen LogP contribution in [0.25, 0.3) is 6.08 Å². The summed E-state index contributed by atoms with van der Waals surface area (Å²) in [5, 5.41) is 5.08. The third-order valence-corrected chi connectivity index (χ3v) is 2.27. The highest BCUT2D eigenvalue weighted by molar-refractivity contribution is 7.92. The zero-order chi connectivity index (χ0) is 16.9. The summed E-state index contributed by atoms with van der Waals surface area (Å²) in [6, 6.07) is 10.0. The van der Waals surface area contributed by atoms with Crippen LogP contribution in [0.2, 0.25) is 0 Å². The highest BCUT2D eigenvalue weighted by atomic mass is 32.2. The molecule has 0 fully saturated rings. The van der Waals surface area contributed by atoms with Gasteiger partial charge in [0, 0.05) is 11.0 Å². The second kappa shape index (κ2) is 11.6. The van der Waals surface area contributed by atoms with Crippen molar-refractivity contribution in [1.29, 1.82) is 0 Å². The third-order valence-electron chi connectivity index (χ3n) is 1.80. The molecule has 6 heteroatoms. The topological polar surface area (TPSA) is 86.5 Å². The number of esters is 1. The van der Waals surface area contributed by atoms with Gasteiger partial charge in [-0.05, 0) is 12.5 Å². The van der Waals surface area contributed by atoms with Crippen LogP contribution in [-0.2, 0) is 19.6 Å². The van der Waals surface area contributed by atoms with Crippen molar-refractivity contribution in [3.05, 3.63) is 66.6 Å². The number of primary sulfonamides is 1. The standard InChI is InChI=1S/C8H8.C5H8O2.C2H5NO2S/c1-2-8-6-4-3-5-7-8;1-4(2)5(6)7-3;1-2-6(3,4)5/h2-7H,1H2;1H2,2-3H3;2H,1H2,(H2,3,4,5). The Hall–Kier alpha value is -2.18. The van der Waals surface area contributed by atoms with Crippen molar-refractivity contribution in [1.82, 2.24) is 0 Å². The number of nitrogens with two attached hydrogens (primary N) is 1. The van der Waals surface area contributed by atoms with E-state index >= 15 is 0 Å². The highest BCUT2D eigenvalue weighted by Gasteiger charge is 1.95. The number of carbonyl (C=O) groups excluding carboxylic acids is 1. The van der Waals surface area contributed by atoms with Crippen LogP contribution in [0.15, 0.2) is 61.0 Å². The first-order chi connectivity index (χ1) is 9.67. The molecular formula is C15H21NO4S. The maximum Gasteiger partial charge on any atom is 0.332 e. The van der Waals surface area contributed by atoms with Crippen molar-refractivity contribution < 1.29 is 17.9 Å². The van der Waals surface area contributed by atoms with Gasteiger partial charge in [-0.3, -0.25) is 0 Å². The Morgan fingerprint density at radius 2 is 1.67 bits per heavy atom. The van der Waals surface area contributed by atoms with Crippen molar-refractivity contribution >= 4 is 22.1 Å². The molecule has 1 aromatic carbocycles. The number of hydrogen-bond donors (Lipinski definition) is 1. The summed E-state index contributed by atoms with van der Waals surface area (Å²) >= 11 is 0. The molecule has 21 heavy (non-hydrogen) atoms. The zero-order valence-electron chi connectivity index (χ0n) is 12.3. The van der Waals surface area contributed by atoms with Crippen molar-refractivity contribution in [2.24, 2.45) is 5.14 Å². The molecule has 0 radical (unpaired) electrons. The minimum atomic E-state index is -3.40. The Bertz CT molecular complexity index is 551. The van der Waals surface area contributed by atoms with E-state index in [1.165, 1.54) is 12.7 Å². The van der Waals surface area contributed by atoms with Crippen LogP contribution in [0, 0.1) is 0 Å². The summed E-state index contributed by atoms with van der Waals surface area (Å²) in [4.78, 5) is 10.2. The fraction of sp³-hybridized carbons (Fsp3) is 0.133. The van der Waals surface area contributed by atoms with Gasteiger partial charge in [-0.2, -0.15) is 0 Å². The summed E-state index contributed by atoms with van der Waals surface area (Å²) < 4.78 is 23.6. The van der Waals surface area contributed by atoms with Crippen LogP contribution < -0.4 is 5.14 Å². The molecule has 0 aliphatic rings. The minimum Gasteiger partial charge on any atom is -0.466 e. The molecule has 0 aromatic heterocycles. The van der Waals surface area contributed by atoms with Gasteiger partial charge in [0.25, 0.3) is 0 Å². The van der Waals surface area contributed by atoms with E-state index in [4.69, 9.17) is 0 Å². The van der Waals surface area contributed by atoms with Crippen LogP contribution in [0.3, 0.4) is 0 Å². The maximum absolute atomic E-state index is 10.2. The van der Waals surface area contributed by atoms with Crippen LogP contribution in [0.5, 0.6) is 0 Å². The summed E-state index contributed by atoms with van der Waals surface area (Å²) in [5.41, 5.74) is 1.61. The highest BCUT2D eigenvalue weighted by Crippen LogP contribution is 1.97. The first-order valence-electron chi connectivity index (χ1n) is 5.74. The van der Waals surface area contributed by atoms with Crippen LogP contribution in [0.4, 0.5) is 0 Å². The maximum atomic E-state index is 10.2. The molecular weight excluding hydrogens is 290 g/mol. The van der Waals surface area contributed by atoms with Gasteiger partial charge in [0.05, 0.1) is 7.11 Å². The number of carbonyl (C=O) groups is 1. The molecule has 0 saturated heterocycles. The quantitative estimate of drug-likeness (QED) is 0.686. The Labute approximate surface area is 126 Å². The molecule has 0 amide bonds. The van der Waals surface area contributed by atoms with Gasteiger partial charge in [-0.1, -0.05) is 56.1 Å². The normalized spacial score (nSPS) is 8.90. The molecule has 116 valence electrons. The lowest BCUT2D eigenvalue weighted by atomic mass is 10.2. The first-order valence-corrected chi connectivity index (χ1v) is 7.35. The average molecular weight is 311 g/mol. The van der Waals surface area contributed by atoms with E-state index in [0.29, 0.717) is 11.0 Å². The smallest absolute Gasteiger partial charge is 0.332 e. The zero-order valence-corrected chi connectivity index (χ0v) is 13.1. The Balaban J connectivity index is 0. The number of hydrogen-bond acceptors (Lipinski definition) is 4. The SMILES string of the molecule is C=C(C)C(=O)OC.C=CS(N)(=O)=O.C=Cc1ccccc1. The molecule has 0 unspecified atom stereocenters. The number of sulfonamides is 1. The molecule has 1 aromatic rings. The van der Waals surface area contributed by atoms with E-state index in [9.17, 15) is 13.2 Å². The summed E-state index contributed by atoms with van der Waals surface area (Å²) in [6.07, 6.45) is 1.83. The first kappa shape index (κ1) is 21.1. The van der Waals surface area contributed by atoms with Gasteiger partial charge in [-0.25, -0.2) is 18.4 Å². The number of methoxy groups -OCH3 is 1. The van der Waals surface area contributed by atoms with Crippen molar-refractivity contribution in [3.63, 3.8) is 0 Å². The van der Waals surface area contributed by atoms with E-state index in [0.717, 1.165) is 0 Å². The molecule has 0 saturated carbocycles. The number of ether oxygens (including phenoxy) is 1. The Morgan fingerprint density at radius 1 is 1.24 bits per heavy atom. The van der Waals surface area contributed by atoms with E-state index in [-0.39, 0.29) is 5.97 Å². The Morgan fingerprint density at radius 3 is 1.81 bits per heavy atom. The molecule has 0 bridgehead atoms. The molecule has 0 atom stereocenters. The van der Waals surface area contributed by atoms with Gasteiger partial charge in [0.2, 0.25) is 10.0 Å². The second-order valence-corrected chi connectivity index (χ2v) is 5.15. The van der Waals surface area contributed by atoms with E-state index in [1.807, 2.05) is 36.4 Å². The monoisotopic (exact) mass is 311 g/mol. The third kappa shape index (κ3) is 15.8.